The molecule has 0 radical (unpaired) electrons. The molecule has 0 aliphatic carbocycles. The lowest BCUT2D eigenvalue weighted by molar-refractivity contribution is -0.136. The van der Waals surface area contributed by atoms with Crippen LogP contribution in [-0.2, 0) is 6.18 Å². The molecule has 104 valence electrons. The summed E-state index contributed by atoms with van der Waals surface area (Å²) in [5.74, 6) is -0.739. The molecule has 0 saturated carbocycles. The molecule has 0 N–H and O–H groups in total. The molecule has 0 saturated heterocycles. The third-order valence-corrected chi connectivity index (χ3v) is 3.07. The van der Waals surface area contributed by atoms with Crippen LogP contribution in [0.4, 0.5) is 17.6 Å². The lowest BCUT2D eigenvalue weighted by atomic mass is 10.1. The largest absolute Gasteiger partial charge is 0.418 e. The van der Waals surface area contributed by atoms with Crippen molar-refractivity contribution in [1.82, 2.24) is 19.6 Å². The van der Waals surface area contributed by atoms with Gasteiger partial charge in [0.05, 0.1) is 11.1 Å². The monoisotopic (exact) mass is 304 g/mol. The molecule has 4 nitrogen and oxygen atoms in total. The molecule has 9 heteroatoms. The van der Waals surface area contributed by atoms with Crippen molar-refractivity contribution < 1.29 is 17.6 Å². The Balaban J connectivity index is 2.60. The van der Waals surface area contributed by atoms with Gasteiger partial charge in [-0.3, -0.25) is 4.40 Å². The van der Waals surface area contributed by atoms with Crippen LogP contribution in [0.1, 0.15) is 11.4 Å². The van der Waals surface area contributed by atoms with E-state index in [0.29, 0.717) is 6.07 Å². The predicted molar refractivity (Wildman–Crippen MR) is 63.0 cm³/mol. The van der Waals surface area contributed by atoms with Gasteiger partial charge in [-0.05, 0) is 13.0 Å². The molecule has 20 heavy (non-hydrogen) atoms. The van der Waals surface area contributed by atoms with Crippen LogP contribution < -0.4 is 0 Å². The summed E-state index contributed by atoms with van der Waals surface area (Å²) in [5.41, 5.74) is -1.64. The van der Waals surface area contributed by atoms with Gasteiger partial charge in [0.1, 0.15) is 17.2 Å². The van der Waals surface area contributed by atoms with Crippen molar-refractivity contribution in [2.45, 2.75) is 13.1 Å². The summed E-state index contributed by atoms with van der Waals surface area (Å²) in [6, 6.07) is 1.33. The third-order valence-electron chi connectivity index (χ3n) is 2.82. The Bertz CT molecular complexity index is 840. The first-order valence-electron chi connectivity index (χ1n) is 5.36. The zero-order valence-corrected chi connectivity index (χ0v) is 10.6. The van der Waals surface area contributed by atoms with Gasteiger partial charge in [-0.15, -0.1) is 10.2 Å². The van der Waals surface area contributed by atoms with Crippen LogP contribution in [-0.4, -0.2) is 19.6 Å². The number of aromatic nitrogens is 4. The Labute approximate surface area is 114 Å². The molecule has 2 aromatic heterocycles. The maximum Gasteiger partial charge on any atom is 0.418 e. The molecular weight excluding hydrogens is 300 g/mol. The standard InChI is InChI=1S/C11H5ClF4N4/c1-4-18-19-10-9(12)17-8-6(11(14,15)16)2-5(13)3-7(8)20(4)10/h2-3H,1H3. The van der Waals surface area contributed by atoms with Crippen molar-refractivity contribution in [3.8, 4) is 0 Å². The van der Waals surface area contributed by atoms with Crippen LogP contribution in [0, 0.1) is 12.7 Å². The van der Waals surface area contributed by atoms with E-state index >= 15 is 0 Å². The Hall–Kier alpha value is -1.96. The van der Waals surface area contributed by atoms with Gasteiger partial charge in [0.15, 0.2) is 10.8 Å². The summed E-state index contributed by atoms with van der Waals surface area (Å²) < 4.78 is 53.6. The molecule has 0 unspecified atom stereocenters. The number of rotatable bonds is 0. The highest BCUT2D eigenvalue weighted by molar-refractivity contribution is 6.32. The summed E-state index contributed by atoms with van der Waals surface area (Å²) in [7, 11) is 0. The summed E-state index contributed by atoms with van der Waals surface area (Å²) in [6.45, 7) is 1.52. The lowest BCUT2D eigenvalue weighted by Crippen LogP contribution is -2.09. The number of aryl methyl sites for hydroxylation is 1. The van der Waals surface area contributed by atoms with E-state index in [-0.39, 0.29) is 22.1 Å². The van der Waals surface area contributed by atoms with Crippen LogP contribution >= 0.6 is 11.6 Å². The molecule has 0 bridgehead atoms. The highest BCUT2D eigenvalue weighted by Gasteiger charge is 2.35. The van der Waals surface area contributed by atoms with Crippen LogP contribution in [0.15, 0.2) is 12.1 Å². The van der Waals surface area contributed by atoms with Crippen molar-refractivity contribution >= 4 is 28.3 Å². The van der Waals surface area contributed by atoms with Crippen molar-refractivity contribution in [2.75, 3.05) is 0 Å². The van der Waals surface area contributed by atoms with Crippen LogP contribution in [0.25, 0.3) is 16.7 Å². The Morgan fingerprint density at radius 1 is 1.20 bits per heavy atom. The summed E-state index contributed by atoms with van der Waals surface area (Å²) in [5, 5.41) is 7.19. The van der Waals surface area contributed by atoms with Gasteiger partial charge in [-0.2, -0.15) is 13.2 Å². The fourth-order valence-corrected chi connectivity index (χ4v) is 2.23. The maximum atomic E-state index is 13.5. The highest BCUT2D eigenvalue weighted by Crippen LogP contribution is 2.35. The first-order valence-corrected chi connectivity index (χ1v) is 5.74. The van der Waals surface area contributed by atoms with Gasteiger partial charge in [0, 0.05) is 6.07 Å². The average molecular weight is 305 g/mol. The quantitative estimate of drug-likeness (QED) is 0.598. The number of hydrogen-bond donors (Lipinski definition) is 0. The normalized spacial score (nSPS) is 12.5. The molecule has 0 fully saturated rings. The zero-order valence-electron chi connectivity index (χ0n) is 9.83. The molecule has 0 spiro atoms. The minimum atomic E-state index is -4.74. The van der Waals surface area contributed by atoms with Crippen LogP contribution in [0.3, 0.4) is 0 Å². The molecule has 2 heterocycles. The molecule has 0 aliphatic heterocycles. The van der Waals surface area contributed by atoms with E-state index in [1.165, 1.54) is 11.3 Å². The fraction of sp³-hybridized carbons (Fsp3) is 0.182. The molecule has 0 amide bonds. The number of fused-ring (bicyclic) bond motifs is 3. The van der Waals surface area contributed by atoms with Crippen molar-refractivity contribution in [1.29, 1.82) is 0 Å². The van der Waals surface area contributed by atoms with Crippen LogP contribution in [0.5, 0.6) is 0 Å². The van der Waals surface area contributed by atoms with E-state index in [4.69, 9.17) is 11.6 Å². The van der Waals surface area contributed by atoms with Gasteiger partial charge in [-0.25, -0.2) is 9.37 Å². The number of hydrogen-bond acceptors (Lipinski definition) is 3. The van der Waals surface area contributed by atoms with E-state index < -0.39 is 23.1 Å². The zero-order chi connectivity index (χ0) is 14.7. The second kappa shape index (κ2) is 4.02. The fourth-order valence-electron chi connectivity index (χ4n) is 2.02. The summed E-state index contributed by atoms with van der Waals surface area (Å²) >= 11 is 5.82. The van der Waals surface area contributed by atoms with Gasteiger partial charge in [0.2, 0.25) is 0 Å². The average Bonchev–Trinajstić information content (AvgIpc) is 2.72. The first-order chi connectivity index (χ1) is 9.29. The van der Waals surface area contributed by atoms with Crippen molar-refractivity contribution in [3.05, 3.63) is 34.5 Å². The minimum absolute atomic E-state index is 0.0791. The predicted octanol–water partition coefficient (Wildman–Crippen LogP) is 3.40. The van der Waals surface area contributed by atoms with Gasteiger partial charge in [-0.1, -0.05) is 11.6 Å². The van der Waals surface area contributed by atoms with Gasteiger partial charge in [0.25, 0.3) is 0 Å². The summed E-state index contributed by atoms with van der Waals surface area (Å²) in [6.07, 6.45) is -4.74. The molecule has 3 rings (SSSR count). The van der Waals surface area contributed by atoms with E-state index in [1.54, 1.807) is 0 Å². The maximum absolute atomic E-state index is 13.5. The first kappa shape index (κ1) is 13.0. The summed E-state index contributed by atoms with van der Waals surface area (Å²) in [4.78, 5) is 3.68. The third kappa shape index (κ3) is 1.79. The molecule has 0 aliphatic rings. The Morgan fingerprint density at radius 3 is 2.55 bits per heavy atom. The minimum Gasteiger partial charge on any atom is -0.275 e. The number of halogens is 5. The smallest absolute Gasteiger partial charge is 0.275 e. The van der Waals surface area contributed by atoms with E-state index in [2.05, 4.69) is 15.2 Å². The second-order valence-electron chi connectivity index (χ2n) is 4.13. The van der Waals surface area contributed by atoms with Crippen molar-refractivity contribution in [3.63, 3.8) is 0 Å². The molecule has 1 aromatic carbocycles. The molecule has 0 atom stereocenters. The highest BCUT2D eigenvalue weighted by atomic mass is 35.5. The van der Waals surface area contributed by atoms with E-state index in [1.807, 2.05) is 0 Å². The number of benzene rings is 1. The topological polar surface area (TPSA) is 43.1 Å². The van der Waals surface area contributed by atoms with Gasteiger partial charge < -0.3 is 0 Å². The molecular formula is C11H5ClF4N4. The lowest BCUT2D eigenvalue weighted by Gasteiger charge is -2.11. The van der Waals surface area contributed by atoms with Gasteiger partial charge >= 0.3 is 6.18 Å². The SMILES string of the molecule is Cc1nnc2c(Cl)nc3c(C(F)(F)F)cc(F)cc3n12. The van der Waals surface area contributed by atoms with Crippen molar-refractivity contribution in [2.24, 2.45) is 0 Å². The Morgan fingerprint density at radius 2 is 1.90 bits per heavy atom. The van der Waals surface area contributed by atoms with E-state index in [9.17, 15) is 17.6 Å². The van der Waals surface area contributed by atoms with E-state index in [0.717, 1.165) is 6.07 Å². The number of alkyl halides is 3. The number of nitrogens with zero attached hydrogens (tertiary/aromatic N) is 4. The molecule has 3 aromatic rings. The Kier molecular flexibility index (Phi) is 2.62. The van der Waals surface area contributed by atoms with Crippen LogP contribution in [0.2, 0.25) is 5.15 Å². The second-order valence-corrected chi connectivity index (χ2v) is 4.49.